The molecule has 8 aliphatic carbocycles. The normalized spacial score (nSPS) is 48.9. The minimum Gasteiger partial charge on any atom is -0.462 e. The average molecular weight is 777 g/mol. The maximum atomic E-state index is 17.5. The number of Topliss-reactive ketones (excluding diaryl/α,β-unsaturated/α-hetero) is 1. The standard InChI is InChI=1S/C46H61FO9/c1-25-19-28-22-29(48)13-16-41(28,3)33-15-17-42(4)32(40(25)33)9-10-37(42)56-39(53)12-11-38(52)55-24-36(51)46(54)26(2)20-34-31-8-7-27-21-30(49)14-18-43(27,5)45(31,47)35(50)23-44(34,46)6/h14,18,21-22,25-26,31-35,37,40,50,54H,7-13,15-17,19-20,23-24H2,1-6H3/t25-,26+,31?,32?,33?,34?,35+,37+,40?,41+,42+,43+,44+,45+,46+/m1/s1. The third-order valence-electron chi connectivity index (χ3n) is 18.0. The molecule has 0 aromatic carbocycles. The van der Waals surface area contributed by atoms with Crippen LogP contribution in [-0.2, 0) is 33.4 Å². The van der Waals surface area contributed by atoms with Crippen molar-refractivity contribution >= 4 is 29.3 Å². The fourth-order valence-corrected chi connectivity index (χ4v) is 14.9. The summed E-state index contributed by atoms with van der Waals surface area (Å²) in [6, 6.07) is 0. The Labute approximate surface area is 330 Å². The topological polar surface area (TPSA) is 144 Å². The zero-order chi connectivity index (χ0) is 40.4. The third-order valence-corrected chi connectivity index (χ3v) is 18.0. The molecule has 0 radical (unpaired) electrons. The molecule has 306 valence electrons. The monoisotopic (exact) mass is 776 g/mol. The van der Waals surface area contributed by atoms with E-state index in [0.29, 0.717) is 54.9 Å². The molecule has 0 aromatic heterocycles. The van der Waals surface area contributed by atoms with Crippen LogP contribution in [0.25, 0.3) is 0 Å². The van der Waals surface area contributed by atoms with Gasteiger partial charge in [-0.3, -0.25) is 24.0 Å². The van der Waals surface area contributed by atoms with Gasteiger partial charge in [-0.2, -0.15) is 0 Å². The first-order valence-corrected chi connectivity index (χ1v) is 21.4. The van der Waals surface area contributed by atoms with Crippen LogP contribution >= 0.6 is 0 Å². The number of hydrogen-bond acceptors (Lipinski definition) is 9. The Morgan fingerprint density at radius 3 is 2.36 bits per heavy atom. The number of ketones is 3. The first-order valence-electron chi connectivity index (χ1n) is 21.4. The number of esters is 2. The van der Waals surface area contributed by atoms with E-state index in [1.54, 1.807) is 26.8 Å². The summed E-state index contributed by atoms with van der Waals surface area (Å²) in [4.78, 5) is 64.6. The second kappa shape index (κ2) is 13.3. The molecule has 6 saturated carbocycles. The van der Waals surface area contributed by atoms with Crippen molar-refractivity contribution in [2.24, 2.45) is 63.1 Å². The highest BCUT2D eigenvalue weighted by atomic mass is 19.1. The van der Waals surface area contributed by atoms with E-state index in [4.69, 9.17) is 9.47 Å². The molecule has 9 nitrogen and oxygen atoms in total. The summed E-state index contributed by atoms with van der Waals surface area (Å²) >= 11 is 0. The molecule has 8 aliphatic rings. The van der Waals surface area contributed by atoms with Crippen LogP contribution in [0.15, 0.2) is 35.5 Å². The Bertz CT molecular complexity index is 1830. The number of carbonyl (C=O) groups is 5. The number of rotatable bonds is 7. The van der Waals surface area contributed by atoms with Gasteiger partial charge in [-0.15, -0.1) is 0 Å². The van der Waals surface area contributed by atoms with E-state index in [9.17, 15) is 34.2 Å². The number of aliphatic hydroxyl groups excluding tert-OH is 1. The lowest BCUT2D eigenvalue weighted by Crippen LogP contribution is -2.69. The van der Waals surface area contributed by atoms with Gasteiger partial charge < -0.3 is 19.7 Å². The first-order chi connectivity index (χ1) is 26.2. The van der Waals surface area contributed by atoms with Gasteiger partial charge in [0.2, 0.25) is 5.78 Å². The molecule has 10 heteroatoms. The van der Waals surface area contributed by atoms with Crippen LogP contribution in [-0.4, -0.2) is 69.6 Å². The number of alkyl halides is 1. The molecule has 0 heterocycles. The highest BCUT2D eigenvalue weighted by Gasteiger charge is 2.75. The van der Waals surface area contributed by atoms with Crippen molar-refractivity contribution < 1.29 is 48.0 Å². The lowest BCUT2D eigenvalue weighted by molar-refractivity contribution is -0.220. The second-order valence-corrected chi connectivity index (χ2v) is 20.4. The van der Waals surface area contributed by atoms with Crippen molar-refractivity contribution in [2.75, 3.05) is 6.61 Å². The number of ether oxygens (including phenoxy) is 2. The molecule has 0 saturated heterocycles. The molecule has 2 N–H and O–H groups in total. The quantitative estimate of drug-likeness (QED) is 0.264. The fraction of sp³-hybridized carbons (Fsp3) is 0.761. The summed E-state index contributed by atoms with van der Waals surface area (Å²) in [6.45, 7) is 11.5. The van der Waals surface area contributed by atoms with Gasteiger partial charge in [-0.05, 0) is 130 Å². The summed E-state index contributed by atoms with van der Waals surface area (Å²) < 4.78 is 29.0. The largest absolute Gasteiger partial charge is 0.462 e. The van der Waals surface area contributed by atoms with Crippen LogP contribution in [0.2, 0.25) is 0 Å². The van der Waals surface area contributed by atoms with Gasteiger partial charge in [0.25, 0.3) is 0 Å². The van der Waals surface area contributed by atoms with Crippen molar-refractivity contribution in [1.82, 2.24) is 0 Å². The summed E-state index contributed by atoms with van der Waals surface area (Å²) in [6.07, 6.45) is 11.4. The van der Waals surface area contributed by atoms with Crippen molar-refractivity contribution in [3.8, 4) is 0 Å². The van der Waals surface area contributed by atoms with Gasteiger partial charge in [-0.25, -0.2) is 4.39 Å². The SMILES string of the molecule is C[C@@H]1CC2=CC(=O)CC[C@]2(C)C2CC[C@@]3(C)C(CC[C@@H]3OC(=O)CCC(=O)OCC(=O)[C@@]3(O)[C@@H](C)CC4C5CCC6=CC(=O)C=C[C@]6(C)[C@@]5(F)[C@@H](O)C[C@@]43C)C21. The molecular weight excluding hydrogens is 715 g/mol. The Morgan fingerprint density at radius 1 is 0.875 bits per heavy atom. The Balaban J connectivity index is 0.870. The Hall–Kier alpha value is -2.98. The smallest absolute Gasteiger partial charge is 0.306 e. The summed E-state index contributed by atoms with van der Waals surface area (Å²) in [5.74, 6) is -1.65. The average Bonchev–Trinajstić information content (AvgIpc) is 3.57. The third kappa shape index (κ3) is 5.38. The van der Waals surface area contributed by atoms with Gasteiger partial charge in [-0.1, -0.05) is 51.8 Å². The second-order valence-electron chi connectivity index (χ2n) is 20.4. The van der Waals surface area contributed by atoms with Crippen LogP contribution in [0, 0.1) is 63.1 Å². The number of allylic oxidation sites excluding steroid dienone is 5. The molecule has 15 atom stereocenters. The lowest BCUT2D eigenvalue weighted by Gasteiger charge is -2.62. The molecule has 5 unspecified atom stereocenters. The van der Waals surface area contributed by atoms with E-state index in [-0.39, 0.29) is 47.8 Å². The maximum absolute atomic E-state index is 17.5. The molecule has 0 aromatic rings. The van der Waals surface area contributed by atoms with E-state index >= 15 is 4.39 Å². The number of aliphatic hydroxyl groups is 2. The molecule has 6 fully saturated rings. The Kier molecular flexibility index (Phi) is 9.44. The van der Waals surface area contributed by atoms with Crippen LogP contribution in [0.3, 0.4) is 0 Å². The molecule has 8 rings (SSSR count). The fourth-order valence-electron chi connectivity index (χ4n) is 14.9. The van der Waals surface area contributed by atoms with Crippen molar-refractivity contribution in [3.63, 3.8) is 0 Å². The van der Waals surface area contributed by atoms with Gasteiger partial charge >= 0.3 is 11.9 Å². The highest BCUT2D eigenvalue weighted by Crippen LogP contribution is 2.71. The summed E-state index contributed by atoms with van der Waals surface area (Å²) in [7, 11) is 0. The van der Waals surface area contributed by atoms with Gasteiger partial charge in [0.1, 0.15) is 11.7 Å². The maximum Gasteiger partial charge on any atom is 0.306 e. The van der Waals surface area contributed by atoms with Gasteiger partial charge in [0, 0.05) is 28.6 Å². The van der Waals surface area contributed by atoms with Crippen molar-refractivity contribution in [2.45, 2.75) is 148 Å². The molecule has 0 spiro atoms. The zero-order valence-electron chi connectivity index (χ0n) is 34.0. The summed E-state index contributed by atoms with van der Waals surface area (Å²) in [5.41, 5.74) is -4.53. The van der Waals surface area contributed by atoms with E-state index in [1.165, 1.54) is 17.7 Å². The number of halogens is 1. The van der Waals surface area contributed by atoms with Gasteiger partial charge in [0.15, 0.2) is 23.8 Å². The van der Waals surface area contributed by atoms with Crippen molar-refractivity contribution in [1.29, 1.82) is 0 Å². The van der Waals surface area contributed by atoms with Crippen LogP contribution < -0.4 is 0 Å². The highest BCUT2D eigenvalue weighted by molar-refractivity contribution is 6.01. The summed E-state index contributed by atoms with van der Waals surface area (Å²) in [5, 5.41) is 23.9. The predicted octanol–water partition coefficient (Wildman–Crippen LogP) is 6.92. The molecule has 0 bridgehead atoms. The van der Waals surface area contributed by atoms with Gasteiger partial charge in [0.05, 0.1) is 18.9 Å². The minimum absolute atomic E-state index is 0.0536. The molecule has 0 aliphatic heterocycles. The predicted molar refractivity (Wildman–Crippen MR) is 204 cm³/mol. The van der Waals surface area contributed by atoms with E-state index in [0.717, 1.165) is 38.5 Å². The zero-order valence-corrected chi connectivity index (χ0v) is 34.0. The number of hydrogen-bond donors (Lipinski definition) is 2. The van der Waals surface area contributed by atoms with E-state index < -0.39 is 70.3 Å². The molecule has 0 amide bonds. The molecule has 56 heavy (non-hydrogen) atoms. The number of fused-ring (bicyclic) bond motifs is 10. The minimum atomic E-state index is -2.09. The number of carbonyl (C=O) groups excluding carboxylic acids is 5. The lowest BCUT2D eigenvalue weighted by atomic mass is 9.44. The Morgan fingerprint density at radius 2 is 1.61 bits per heavy atom. The first kappa shape index (κ1) is 39.8. The molecular formula is C46H61FO9. The van der Waals surface area contributed by atoms with E-state index in [2.05, 4.69) is 20.8 Å². The van der Waals surface area contributed by atoms with E-state index in [1.807, 2.05) is 6.08 Å². The van der Waals surface area contributed by atoms with Crippen LogP contribution in [0.1, 0.15) is 125 Å². The van der Waals surface area contributed by atoms with Crippen LogP contribution in [0.4, 0.5) is 4.39 Å². The van der Waals surface area contributed by atoms with Crippen LogP contribution in [0.5, 0.6) is 0 Å². The van der Waals surface area contributed by atoms with Crippen molar-refractivity contribution in [3.05, 3.63) is 35.5 Å².